The number of hydrogen-bond donors (Lipinski definition) is 0. The number of rotatable bonds is 2. The van der Waals surface area contributed by atoms with Crippen LogP contribution in [0.5, 0.6) is 0 Å². The normalized spacial score (nSPS) is 10.5. The Balaban J connectivity index is 2.68. The summed E-state index contributed by atoms with van der Waals surface area (Å²) in [5.74, 6) is -0.524. The molecule has 0 aromatic carbocycles. The highest BCUT2D eigenvalue weighted by Crippen LogP contribution is 2.18. The number of nitro groups is 1. The number of carbonyl (C=O) groups excluding carboxylic acids is 1. The number of aryl methyl sites for hydroxylation is 1. The van der Waals surface area contributed by atoms with Crippen molar-refractivity contribution in [2.24, 2.45) is 0 Å². The lowest BCUT2D eigenvalue weighted by molar-refractivity contribution is -0.384. The zero-order chi connectivity index (χ0) is 12.6. The van der Waals surface area contributed by atoms with E-state index < -0.39 is 10.9 Å². The monoisotopic (exact) mass is 235 g/mol. The first kappa shape index (κ1) is 11.1. The van der Waals surface area contributed by atoms with Gasteiger partial charge in [-0.1, -0.05) is 0 Å². The molecular weight excluding hydrogens is 226 g/mol. The van der Waals surface area contributed by atoms with Gasteiger partial charge in [-0.05, 0) is 6.92 Å². The quantitative estimate of drug-likeness (QED) is 0.445. The summed E-state index contributed by atoms with van der Waals surface area (Å²) in [5.41, 5.74) is 1.02. The van der Waals surface area contributed by atoms with Gasteiger partial charge in [0.15, 0.2) is 5.69 Å². The van der Waals surface area contributed by atoms with Gasteiger partial charge < -0.3 is 4.74 Å². The molecule has 88 valence electrons. The molecule has 0 aliphatic rings. The Morgan fingerprint density at radius 3 is 2.88 bits per heavy atom. The van der Waals surface area contributed by atoms with Crippen molar-refractivity contribution in [2.75, 3.05) is 7.11 Å². The van der Waals surface area contributed by atoms with Crippen LogP contribution in [0.2, 0.25) is 0 Å². The van der Waals surface area contributed by atoms with Crippen LogP contribution in [-0.4, -0.2) is 27.4 Å². The molecule has 2 aromatic heterocycles. The van der Waals surface area contributed by atoms with Crippen molar-refractivity contribution in [3.8, 4) is 0 Å². The molecule has 2 rings (SSSR count). The highest BCUT2D eigenvalue weighted by Gasteiger charge is 2.18. The SMILES string of the molecule is COC(=O)c1c(C)nc2cc([N+](=O)[O-])ccn12. The van der Waals surface area contributed by atoms with E-state index in [-0.39, 0.29) is 11.4 Å². The highest BCUT2D eigenvalue weighted by molar-refractivity contribution is 5.90. The molecule has 2 aromatic rings. The van der Waals surface area contributed by atoms with Gasteiger partial charge in [0.05, 0.1) is 23.8 Å². The molecule has 0 unspecified atom stereocenters. The Bertz CT molecular complexity index is 617. The van der Waals surface area contributed by atoms with Crippen molar-refractivity contribution >= 4 is 17.3 Å². The van der Waals surface area contributed by atoms with E-state index in [9.17, 15) is 14.9 Å². The first-order valence-electron chi connectivity index (χ1n) is 4.76. The van der Waals surface area contributed by atoms with Crippen LogP contribution in [-0.2, 0) is 4.74 Å². The van der Waals surface area contributed by atoms with Gasteiger partial charge in [-0.2, -0.15) is 0 Å². The average Bonchev–Trinajstić information content (AvgIpc) is 2.62. The van der Waals surface area contributed by atoms with Gasteiger partial charge in [-0.15, -0.1) is 0 Å². The van der Waals surface area contributed by atoms with Crippen molar-refractivity contribution in [2.45, 2.75) is 6.92 Å². The zero-order valence-corrected chi connectivity index (χ0v) is 9.21. The van der Waals surface area contributed by atoms with Crippen LogP contribution in [0.4, 0.5) is 5.69 Å². The van der Waals surface area contributed by atoms with Gasteiger partial charge in [-0.25, -0.2) is 9.78 Å². The maximum atomic E-state index is 11.5. The fraction of sp³-hybridized carbons (Fsp3) is 0.200. The highest BCUT2D eigenvalue weighted by atomic mass is 16.6. The molecule has 0 radical (unpaired) electrons. The molecule has 7 heteroatoms. The number of esters is 1. The molecule has 0 aliphatic heterocycles. The summed E-state index contributed by atoms with van der Waals surface area (Å²) >= 11 is 0. The van der Waals surface area contributed by atoms with Gasteiger partial charge in [0, 0.05) is 12.3 Å². The van der Waals surface area contributed by atoms with Crippen LogP contribution in [0.3, 0.4) is 0 Å². The Morgan fingerprint density at radius 1 is 1.59 bits per heavy atom. The Morgan fingerprint density at radius 2 is 2.29 bits per heavy atom. The third-order valence-corrected chi connectivity index (χ3v) is 2.37. The largest absolute Gasteiger partial charge is 0.464 e. The number of ether oxygens (including phenoxy) is 1. The van der Waals surface area contributed by atoms with Crippen molar-refractivity contribution < 1.29 is 14.5 Å². The number of methoxy groups -OCH3 is 1. The first-order chi connectivity index (χ1) is 8.04. The molecule has 0 saturated heterocycles. The molecule has 0 saturated carbocycles. The predicted octanol–water partition coefficient (Wildman–Crippen LogP) is 1.34. The first-order valence-corrected chi connectivity index (χ1v) is 4.76. The van der Waals surface area contributed by atoms with E-state index in [0.717, 1.165) is 0 Å². The van der Waals surface area contributed by atoms with E-state index >= 15 is 0 Å². The van der Waals surface area contributed by atoms with Crippen molar-refractivity contribution in [3.05, 3.63) is 39.8 Å². The van der Waals surface area contributed by atoms with E-state index in [2.05, 4.69) is 9.72 Å². The molecule has 17 heavy (non-hydrogen) atoms. The molecule has 7 nitrogen and oxygen atoms in total. The summed E-state index contributed by atoms with van der Waals surface area (Å²) in [4.78, 5) is 25.7. The summed E-state index contributed by atoms with van der Waals surface area (Å²) in [6, 6.07) is 2.61. The molecule has 0 amide bonds. The molecule has 0 fully saturated rings. The predicted molar refractivity (Wildman–Crippen MR) is 57.9 cm³/mol. The summed E-state index contributed by atoms with van der Waals surface area (Å²) in [7, 11) is 1.27. The number of aromatic nitrogens is 2. The summed E-state index contributed by atoms with van der Waals surface area (Å²) in [6.07, 6.45) is 1.43. The second kappa shape index (κ2) is 3.85. The van der Waals surface area contributed by atoms with Crippen LogP contribution in [0.25, 0.3) is 5.65 Å². The molecule has 0 N–H and O–H groups in total. The van der Waals surface area contributed by atoms with Gasteiger partial charge in [0.25, 0.3) is 5.69 Å². The Labute approximate surface area is 95.8 Å². The third-order valence-electron chi connectivity index (χ3n) is 2.37. The van der Waals surface area contributed by atoms with Gasteiger partial charge in [-0.3, -0.25) is 14.5 Å². The number of imidazole rings is 1. The second-order valence-corrected chi connectivity index (χ2v) is 3.41. The topological polar surface area (TPSA) is 86.7 Å². The molecular formula is C10H9N3O4. The molecule has 0 atom stereocenters. The van der Waals surface area contributed by atoms with Gasteiger partial charge in [0.1, 0.15) is 5.65 Å². The van der Waals surface area contributed by atoms with Crippen LogP contribution >= 0.6 is 0 Å². The maximum Gasteiger partial charge on any atom is 0.356 e. The minimum atomic E-state index is -0.524. The number of pyridine rings is 1. The van der Waals surface area contributed by atoms with Gasteiger partial charge >= 0.3 is 5.97 Å². The van der Waals surface area contributed by atoms with Crippen LogP contribution in [0.15, 0.2) is 18.3 Å². The van der Waals surface area contributed by atoms with Crippen molar-refractivity contribution in [3.63, 3.8) is 0 Å². The number of carbonyl (C=O) groups is 1. The van der Waals surface area contributed by atoms with Crippen LogP contribution in [0.1, 0.15) is 16.2 Å². The van der Waals surface area contributed by atoms with E-state index in [1.54, 1.807) is 6.92 Å². The minimum absolute atomic E-state index is 0.0704. The summed E-state index contributed by atoms with van der Waals surface area (Å²) in [6.45, 7) is 1.64. The van der Waals surface area contributed by atoms with Crippen molar-refractivity contribution in [1.29, 1.82) is 0 Å². The zero-order valence-electron chi connectivity index (χ0n) is 9.21. The molecule has 0 bridgehead atoms. The standard InChI is InChI=1S/C10H9N3O4/c1-6-9(10(14)17-2)12-4-3-7(13(15)16)5-8(12)11-6/h3-5H,1-2H3. The molecule has 2 heterocycles. The lowest BCUT2D eigenvalue weighted by Crippen LogP contribution is -2.07. The lowest BCUT2D eigenvalue weighted by Gasteiger charge is -2.00. The van der Waals surface area contributed by atoms with Gasteiger partial charge in [0.2, 0.25) is 0 Å². The summed E-state index contributed by atoms with van der Waals surface area (Å²) in [5, 5.41) is 10.6. The second-order valence-electron chi connectivity index (χ2n) is 3.41. The fourth-order valence-electron chi connectivity index (χ4n) is 1.61. The molecule has 0 aliphatic carbocycles. The smallest absolute Gasteiger partial charge is 0.356 e. The van der Waals surface area contributed by atoms with E-state index in [1.807, 2.05) is 0 Å². The number of nitrogens with zero attached hydrogens (tertiary/aromatic N) is 3. The number of hydrogen-bond acceptors (Lipinski definition) is 5. The van der Waals surface area contributed by atoms with E-state index in [0.29, 0.717) is 11.3 Å². The summed E-state index contributed by atoms with van der Waals surface area (Å²) < 4.78 is 6.09. The number of fused-ring (bicyclic) bond motifs is 1. The van der Waals surface area contributed by atoms with E-state index in [1.165, 1.54) is 29.8 Å². The molecule has 0 spiro atoms. The lowest BCUT2D eigenvalue weighted by atomic mass is 10.3. The fourth-order valence-corrected chi connectivity index (χ4v) is 1.61. The van der Waals surface area contributed by atoms with Crippen LogP contribution in [0, 0.1) is 17.0 Å². The minimum Gasteiger partial charge on any atom is -0.464 e. The Hall–Kier alpha value is -2.44. The average molecular weight is 235 g/mol. The Kier molecular flexibility index (Phi) is 2.51. The van der Waals surface area contributed by atoms with Crippen molar-refractivity contribution in [1.82, 2.24) is 9.38 Å². The third kappa shape index (κ3) is 1.71. The maximum absolute atomic E-state index is 11.5. The van der Waals surface area contributed by atoms with E-state index in [4.69, 9.17) is 0 Å². The van der Waals surface area contributed by atoms with Crippen LogP contribution < -0.4 is 0 Å².